The second-order valence-corrected chi connectivity index (χ2v) is 9.92. The summed E-state index contributed by atoms with van der Waals surface area (Å²) in [5.74, 6) is 1.26. The number of halogens is 3. The molecule has 2 bridgehead atoms. The Labute approximate surface area is 203 Å². The highest BCUT2D eigenvalue weighted by molar-refractivity contribution is 5.83. The minimum atomic E-state index is -4.42. The molecule has 0 radical (unpaired) electrons. The summed E-state index contributed by atoms with van der Waals surface area (Å²) >= 11 is 0. The van der Waals surface area contributed by atoms with Crippen LogP contribution in [0.3, 0.4) is 0 Å². The maximum absolute atomic E-state index is 13.9. The Morgan fingerprint density at radius 1 is 1.23 bits per heavy atom. The van der Waals surface area contributed by atoms with Gasteiger partial charge in [0.25, 0.3) is 0 Å². The molecule has 1 aromatic heterocycles. The summed E-state index contributed by atoms with van der Waals surface area (Å²) in [6.45, 7) is 5.64. The largest absolute Gasteiger partial charge is 0.497 e. The number of piperidine rings is 3. The van der Waals surface area contributed by atoms with Gasteiger partial charge in [0.15, 0.2) is 0 Å². The number of benzene rings is 2. The van der Waals surface area contributed by atoms with E-state index in [9.17, 15) is 18.3 Å². The molecule has 7 heteroatoms. The van der Waals surface area contributed by atoms with Crippen LogP contribution >= 0.6 is 0 Å². The van der Waals surface area contributed by atoms with E-state index in [1.54, 1.807) is 25.4 Å². The normalized spacial score (nSPS) is 27.1. The number of fused-ring (bicyclic) bond motifs is 4. The smallest absolute Gasteiger partial charge is 0.416 e. The third-order valence-electron chi connectivity index (χ3n) is 8.15. The van der Waals surface area contributed by atoms with Crippen LogP contribution in [0.4, 0.5) is 13.2 Å². The number of methoxy groups -OCH3 is 1. The van der Waals surface area contributed by atoms with Crippen LogP contribution in [-0.4, -0.2) is 40.8 Å². The quantitative estimate of drug-likeness (QED) is 0.350. The number of nitrogens with zero attached hydrogens (tertiary/aromatic N) is 2. The minimum absolute atomic E-state index is 0.222. The zero-order valence-corrected chi connectivity index (χ0v) is 19.7. The van der Waals surface area contributed by atoms with Gasteiger partial charge in [-0.3, -0.25) is 4.98 Å². The molecule has 5 atom stereocenters. The number of aliphatic hydroxyl groups is 1. The van der Waals surface area contributed by atoms with Gasteiger partial charge < -0.3 is 14.3 Å². The zero-order chi connectivity index (χ0) is 24.8. The van der Waals surface area contributed by atoms with E-state index in [1.807, 2.05) is 30.3 Å². The fourth-order valence-electron chi connectivity index (χ4n) is 6.39. The molecule has 3 aliphatic rings. The number of aromatic nitrogens is 1. The van der Waals surface area contributed by atoms with Crippen molar-refractivity contribution in [2.75, 3.05) is 20.2 Å². The van der Waals surface area contributed by atoms with Gasteiger partial charge in [-0.15, -0.1) is 6.58 Å². The Bertz CT molecular complexity index is 1240. The molecule has 3 fully saturated rings. The van der Waals surface area contributed by atoms with Gasteiger partial charge in [-0.2, -0.15) is 13.2 Å². The molecular formula is C28H30F3N2O2+. The molecule has 0 amide bonds. The Morgan fingerprint density at radius 3 is 2.77 bits per heavy atom. The lowest BCUT2D eigenvalue weighted by molar-refractivity contribution is -0.985. The standard InChI is InChI=1S/C28H30F3N2O2/c1-3-18-16-33(17-20-6-4-5-7-24(20)28(29,30)31)13-11-19(18)14-26(33)27(34)22-10-12-32-25-9-8-21(35-2)15-23(22)25/h3-10,12,15,18-19,26-27,34H,1,11,13-14,16-17H2,2H3/q+1/t18-,19-,26+,27+,33?/m0/s1. The van der Waals surface area contributed by atoms with Crippen molar-refractivity contribution in [3.63, 3.8) is 0 Å². The molecular weight excluding hydrogens is 453 g/mol. The van der Waals surface area contributed by atoms with Crippen LogP contribution in [0.2, 0.25) is 0 Å². The molecule has 1 N–H and O–H groups in total. The van der Waals surface area contributed by atoms with Crippen LogP contribution in [0.1, 0.15) is 35.6 Å². The fourth-order valence-corrected chi connectivity index (χ4v) is 6.39. The number of aliphatic hydroxyl groups excluding tert-OH is 1. The number of hydrogen-bond donors (Lipinski definition) is 1. The van der Waals surface area contributed by atoms with Crippen LogP contribution in [0, 0.1) is 11.8 Å². The first-order valence-corrected chi connectivity index (χ1v) is 12.0. The van der Waals surface area contributed by atoms with Crippen molar-refractivity contribution in [2.24, 2.45) is 11.8 Å². The number of pyridine rings is 1. The summed E-state index contributed by atoms with van der Waals surface area (Å²) in [7, 11) is 1.59. The van der Waals surface area contributed by atoms with E-state index in [1.165, 1.54) is 6.07 Å². The van der Waals surface area contributed by atoms with E-state index in [-0.39, 0.29) is 24.1 Å². The van der Waals surface area contributed by atoms with Gasteiger partial charge in [0.2, 0.25) is 0 Å². The van der Waals surface area contributed by atoms with E-state index >= 15 is 0 Å². The van der Waals surface area contributed by atoms with Crippen LogP contribution in [0.15, 0.2) is 67.4 Å². The Balaban J connectivity index is 1.59. The number of quaternary nitrogens is 1. The third-order valence-corrected chi connectivity index (χ3v) is 8.15. The molecule has 0 aliphatic carbocycles. The summed E-state index contributed by atoms with van der Waals surface area (Å²) in [6.07, 6.45) is 0.00629. The predicted molar refractivity (Wildman–Crippen MR) is 129 cm³/mol. The van der Waals surface area contributed by atoms with Crippen LogP contribution in [0.25, 0.3) is 10.9 Å². The summed E-state index contributed by atoms with van der Waals surface area (Å²) in [4.78, 5) is 4.43. The molecule has 184 valence electrons. The Morgan fingerprint density at radius 2 is 2.03 bits per heavy atom. The molecule has 3 aliphatic heterocycles. The van der Waals surface area contributed by atoms with E-state index in [0.29, 0.717) is 22.7 Å². The van der Waals surface area contributed by atoms with Crippen LogP contribution in [-0.2, 0) is 12.7 Å². The van der Waals surface area contributed by atoms with Gasteiger partial charge in [0.05, 0.1) is 31.3 Å². The second kappa shape index (κ2) is 8.95. The molecule has 6 rings (SSSR count). The van der Waals surface area contributed by atoms with Crippen molar-refractivity contribution < 1.29 is 27.5 Å². The van der Waals surface area contributed by atoms with E-state index in [0.717, 1.165) is 41.9 Å². The molecule has 4 nitrogen and oxygen atoms in total. The lowest BCUT2D eigenvalue weighted by Gasteiger charge is -2.58. The summed E-state index contributed by atoms with van der Waals surface area (Å²) in [6, 6.07) is 13.0. The van der Waals surface area contributed by atoms with Gasteiger partial charge in [-0.1, -0.05) is 24.3 Å². The topological polar surface area (TPSA) is 42.4 Å². The van der Waals surface area contributed by atoms with Gasteiger partial charge >= 0.3 is 6.18 Å². The van der Waals surface area contributed by atoms with Crippen LogP contribution < -0.4 is 4.74 Å². The number of hydrogen-bond acceptors (Lipinski definition) is 3. The molecule has 1 unspecified atom stereocenters. The first-order valence-electron chi connectivity index (χ1n) is 12.0. The first kappa shape index (κ1) is 23.8. The number of rotatable bonds is 6. The first-order chi connectivity index (χ1) is 16.8. The van der Waals surface area contributed by atoms with Gasteiger partial charge in [0, 0.05) is 35.9 Å². The summed E-state index contributed by atoms with van der Waals surface area (Å²) < 4.78 is 47.4. The molecule has 2 aromatic carbocycles. The summed E-state index contributed by atoms with van der Waals surface area (Å²) in [5, 5.41) is 12.6. The number of ether oxygens (including phenoxy) is 1. The molecule has 0 saturated carbocycles. The van der Waals surface area contributed by atoms with Crippen molar-refractivity contribution in [3.8, 4) is 5.75 Å². The third kappa shape index (κ3) is 4.21. The molecule has 35 heavy (non-hydrogen) atoms. The Kier molecular flexibility index (Phi) is 6.09. The van der Waals surface area contributed by atoms with Crippen molar-refractivity contribution in [1.82, 2.24) is 4.98 Å². The van der Waals surface area contributed by atoms with Crippen LogP contribution in [0.5, 0.6) is 5.75 Å². The predicted octanol–water partition coefficient (Wildman–Crippen LogP) is 5.91. The highest BCUT2D eigenvalue weighted by atomic mass is 19.4. The maximum atomic E-state index is 13.9. The van der Waals surface area contributed by atoms with E-state index in [2.05, 4.69) is 11.6 Å². The van der Waals surface area contributed by atoms with Crippen molar-refractivity contribution in [2.45, 2.75) is 37.7 Å². The van der Waals surface area contributed by atoms with Crippen molar-refractivity contribution in [3.05, 3.63) is 84.1 Å². The van der Waals surface area contributed by atoms with Crippen molar-refractivity contribution >= 4 is 10.9 Å². The highest BCUT2D eigenvalue weighted by Crippen LogP contribution is 2.49. The monoisotopic (exact) mass is 483 g/mol. The average Bonchev–Trinajstić information content (AvgIpc) is 2.87. The highest BCUT2D eigenvalue weighted by Gasteiger charge is 2.54. The SMILES string of the molecule is C=C[C@H]1C[N+]2(Cc3ccccc3C(F)(F)F)CC[C@H]1C[C@@H]2[C@H](O)c1ccnc2ccc(OC)cc12. The van der Waals surface area contributed by atoms with Gasteiger partial charge in [0.1, 0.15) is 24.4 Å². The second-order valence-electron chi connectivity index (χ2n) is 9.92. The van der Waals surface area contributed by atoms with E-state index < -0.39 is 17.8 Å². The van der Waals surface area contributed by atoms with Gasteiger partial charge in [-0.25, -0.2) is 0 Å². The average molecular weight is 484 g/mol. The lowest BCUT2D eigenvalue weighted by atomic mass is 9.71. The minimum Gasteiger partial charge on any atom is -0.497 e. The Hall–Kier alpha value is -2.90. The number of alkyl halides is 3. The van der Waals surface area contributed by atoms with E-state index in [4.69, 9.17) is 4.74 Å². The zero-order valence-electron chi connectivity index (χ0n) is 19.7. The summed E-state index contributed by atoms with van der Waals surface area (Å²) in [5.41, 5.74) is 1.17. The molecule has 0 spiro atoms. The van der Waals surface area contributed by atoms with Gasteiger partial charge in [-0.05, 0) is 41.8 Å². The molecule has 3 aromatic rings. The van der Waals surface area contributed by atoms with Crippen molar-refractivity contribution in [1.29, 1.82) is 0 Å². The molecule has 3 saturated heterocycles. The maximum Gasteiger partial charge on any atom is 0.416 e. The molecule has 4 heterocycles. The fraction of sp³-hybridized carbons (Fsp3) is 0.393. The lowest BCUT2D eigenvalue weighted by Crippen LogP contribution is -2.67.